The summed E-state index contributed by atoms with van der Waals surface area (Å²) in [5, 5.41) is 19.2. The van der Waals surface area contributed by atoms with Crippen LogP contribution in [0.3, 0.4) is 0 Å². The molecule has 0 saturated heterocycles. The van der Waals surface area contributed by atoms with Crippen molar-refractivity contribution in [1.82, 2.24) is 24.5 Å². The van der Waals surface area contributed by atoms with Crippen LogP contribution in [0.1, 0.15) is 25.4 Å². The first-order chi connectivity index (χ1) is 8.32. The lowest BCUT2D eigenvalue weighted by molar-refractivity contribution is -0.385. The van der Waals surface area contributed by atoms with Crippen LogP contribution < -0.4 is 0 Å². The maximum Gasteiger partial charge on any atom is 0.309 e. The number of nitrogens with zero attached hydrogens (tertiary/aromatic N) is 6. The SMILES string of the molecule is Cc1nn(C(C)(C)c2ncn(C)n2)cc1[N+](=O)[O-]. The summed E-state index contributed by atoms with van der Waals surface area (Å²) in [6.45, 7) is 5.33. The third-order valence-electron chi connectivity index (χ3n) is 2.79. The number of aryl methyl sites for hydroxylation is 2. The van der Waals surface area contributed by atoms with E-state index in [1.165, 1.54) is 10.9 Å². The largest absolute Gasteiger partial charge is 0.309 e. The van der Waals surface area contributed by atoms with E-state index in [4.69, 9.17) is 0 Å². The second-order valence-corrected chi connectivity index (χ2v) is 4.60. The molecule has 0 amide bonds. The summed E-state index contributed by atoms with van der Waals surface area (Å²) < 4.78 is 3.11. The average Bonchev–Trinajstić information content (AvgIpc) is 2.84. The number of aromatic nitrogens is 5. The summed E-state index contributed by atoms with van der Waals surface area (Å²) in [4.78, 5) is 14.5. The first-order valence-corrected chi connectivity index (χ1v) is 5.39. The lowest BCUT2D eigenvalue weighted by atomic mass is 10.1. The highest BCUT2D eigenvalue weighted by Crippen LogP contribution is 2.25. The van der Waals surface area contributed by atoms with Gasteiger partial charge in [0.1, 0.15) is 23.8 Å². The van der Waals surface area contributed by atoms with E-state index in [2.05, 4.69) is 15.2 Å². The van der Waals surface area contributed by atoms with Crippen molar-refractivity contribution < 1.29 is 4.92 Å². The highest BCUT2D eigenvalue weighted by molar-refractivity contribution is 5.32. The summed E-state index contributed by atoms with van der Waals surface area (Å²) in [5.41, 5.74) is -0.261. The van der Waals surface area contributed by atoms with E-state index < -0.39 is 10.5 Å². The number of rotatable bonds is 3. The smallest absolute Gasteiger partial charge is 0.258 e. The monoisotopic (exact) mass is 250 g/mol. The van der Waals surface area contributed by atoms with Crippen molar-refractivity contribution in [2.24, 2.45) is 7.05 Å². The van der Waals surface area contributed by atoms with Gasteiger partial charge in [0.25, 0.3) is 0 Å². The Bertz CT molecular complexity index is 597. The van der Waals surface area contributed by atoms with Gasteiger partial charge in [0.15, 0.2) is 5.82 Å². The van der Waals surface area contributed by atoms with Crippen LogP contribution in [0.5, 0.6) is 0 Å². The van der Waals surface area contributed by atoms with Crippen molar-refractivity contribution in [2.45, 2.75) is 26.3 Å². The van der Waals surface area contributed by atoms with Crippen LogP contribution in [0.15, 0.2) is 12.5 Å². The van der Waals surface area contributed by atoms with Crippen LogP contribution in [0, 0.1) is 17.0 Å². The lowest BCUT2D eigenvalue weighted by Gasteiger charge is -2.21. The molecule has 0 N–H and O–H groups in total. The molecular weight excluding hydrogens is 236 g/mol. The Morgan fingerprint density at radius 1 is 1.39 bits per heavy atom. The van der Waals surface area contributed by atoms with Crippen molar-refractivity contribution in [2.75, 3.05) is 0 Å². The predicted octanol–water partition coefficient (Wildman–Crippen LogP) is 1.01. The van der Waals surface area contributed by atoms with E-state index in [9.17, 15) is 10.1 Å². The van der Waals surface area contributed by atoms with Crippen LogP contribution in [-0.2, 0) is 12.6 Å². The zero-order valence-electron chi connectivity index (χ0n) is 10.7. The van der Waals surface area contributed by atoms with Crippen molar-refractivity contribution in [3.63, 3.8) is 0 Å². The first kappa shape index (κ1) is 12.2. The molecule has 96 valence electrons. The molecule has 8 nitrogen and oxygen atoms in total. The molecule has 0 unspecified atom stereocenters. The Kier molecular flexibility index (Phi) is 2.64. The summed E-state index contributed by atoms with van der Waals surface area (Å²) in [6.07, 6.45) is 2.99. The number of nitro groups is 1. The fourth-order valence-electron chi connectivity index (χ4n) is 1.64. The normalized spacial score (nSPS) is 11.8. The van der Waals surface area contributed by atoms with Gasteiger partial charge in [-0.1, -0.05) is 0 Å². The fourth-order valence-corrected chi connectivity index (χ4v) is 1.64. The minimum Gasteiger partial charge on any atom is -0.258 e. The van der Waals surface area contributed by atoms with Gasteiger partial charge in [-0.25, -0.2) is 4.98 Å². The van der Waals surface area contributed by atoms with Gasteiger partial charge in [0.05, 0.1) is 4.92 Å². The third-order valence-corrected chi connectivity index (χ3v) is 2.79. The van der Waals surface area contributed by atoms with Crippen LogP contribution in [0.25, 0.3) is 0 Å². The molecule has 18 heavy (non-hydrogen) atoms. The summed E-state index contributed by atoms with van der Waals surface area (Å²) in [5.74, 6) is 0.558. The van der Waals surface area contributed by atoms with Crippen LogP contribution >= 0.6 is 0 Å². The molecule has 0 saturated carbocycles. The minimum atomic E-state index is -0.639. The molecule has 0 atom stereocenters. The third kappa shape index (κ3) is 1.85. The Hall–Kier alpha value is -2.25. The maximum absolute atomic E-state index is 10.8. The van der Waals surface area contributed by atoms with Gasteiger partial charge >= 0.3 is 5.69 Å². The highest BCUT2D eigenvalue weighted by atomic mass is 16.6. The molecule has 0 aliphatic rings. The Balaban J connectivity index is 2.47. The molecule has 0 radical (unpaired) electrons. The van der Waals surface area contributed by atoms with Crippen LogP contribution in [-0.4, -0.2) is 29.5 Å². The Labute approximate surface area is 103 Å². The van der Waals surface area contributed by atoms with E-state index in [0.717, 1.165) is 0 Å². The zero-order chi connectivity index (χ0) is 13.5. The van der Waals surface area contributed by atoms with Crippen molar-refractivity contribution in [1.29, 1.82) is 0 Å². The molecule has 2 rings (SSSR count). The fraction of sp³-hybridized carbons (Fsp3) is 0.500. The summed E-state index contributed by atoms with van der Waals surface area (Å²) in [6, 6.07) is 0. The molecule has 0 aromatic carbocycles. The average molecular weight is 250 g/mol. The van der Waals surface area contributed by atoms with Gasteiger partial charge in [-0.15, -0.1) is 0 Å². The van der Waals surface area contributed by atoms with Crippen LogP contribution in [0.4, 0.5) is 5.69 Å². The van der Waals surface area contributed by atoms with Gasteiger partial charge in [-0.05, 0) is 20.8 Å². The van der Waals surface area contributed by atoms with Gasteiger partial charge in [-0.3, -0.25) is 19.5 Å². The van der Waals surface area contributed by atoms with E-state index in [-0.39, 0.29) is 5.69 Å². The molecule has 0 aliphatic heterocycles. The molecule has 0 spiro atoms. The van der Waals surface area contributed by atoms with Gasteiger partial charge < -0.3 is 0 Å². The van der Waals surface area contributed by atoms with Crippen molar-refractivity contribution in [3.05, 3.63) is 34.2 Å². The Morgan fingerprint density at radius 2 is 2.06 bits per heavy atom. The minimum absolute atomic E-state index is 0.000920. The highest BCUT2D eigenvalue weighted by Gasteiger charge is 2.31. The molecule has 2 aromatic heterocycles. The summed E-state index contributed by atoms with van der Waals surface area (Å²) >= 11 is 0. The second-order valence-electron chi connectivity index (χ2n) is 4.60. The van der Waals surface area contributed by atoms with Gasteiger partial charge in [-0.2, -0.15) is 10.2 Å². The lowest BCUT2D eigenvalue weighted by Crippen LogP contribution is -2.30. The molecular formula is C10H14N6O2. The topological polar surface area (TPSA) is 91.7 Å². The second kappa shape index (κ2) is 3.90. The van der Waals surface area contributed by atoms with Crippen LogP contribution in [0.2, 0.25) is 0 Å². The Morgan fingerprint density at radius 3 is 2.50 bits per heavy atom. The van der Waals surface area contributed by atoms with E-state index in [0.29, 0.717) is 11.5 Å². The van der Waals surface area contributed by atoms with Crippen molar-refractivity contribution >= 4 is 5.69 Å². The van der Waals surface area contributed by atoms with Crippen molar-refractivity contribution in [3.8, 4) is 0 Å². The van der Waals surface area contributed by atoms with E-state index in [1.54, 1.807) is 25.0 Å². The molecule has 2 aromatic rings. The zero-order valence-corrected chi connectivity index (χ0v) is 10.7. The first-order valence-electron chi connectivity index (χ1n) is 5.39. The van der Waals surface area contributed by atoms with E-state index in [1.807, 2.05) is 13.8 Å². The van der Waals surface area contributed by atoms with Gasteiger partial charge in [0, 0.05) is 7.05 Å². The summed E-state index contributed by atoms with van der Waals surface area (Å²) in [7, 11) is 1.77. The van der Waals surface area contributed by atoms with Gasteiger partial charge in [0.2, 0.25) is 0 Å². The quantitative estimate of drug-likeness (QED) is 0.598. The standard InChI is InChI=1S/C10H14N6O2/c1-7-8(16(17)18)5-15(12-7)10(2,3)9-11-6-14(4)13-9/h5-6H,1-4H3. The van der Waals surface area contributed by atoms with E-state index >= 15 is 0 Å². The number of hydrogen-bond donors (Lipinski definition) is 0. The molecule has 8 heteroatoms. The molecule has 2 heterocycles. The predicted molar refractivity (Wildman–Crippen MR) is 63.0 cm³/mol. The number of hydrogen-bond acceptors (Lipinski definition) is 5. The maximum atomic E-state index is 10.8. The molecule has 0 fully saturated rings. The molecule has 0 aliphatic carbocycles. The molecule has 0 bridgehead atoms.